The minimum Gasteiger partial charge on any atom is -0.491 e. The molecule has 2 atom stereocenters. The first-order valence-electron chi connectivity index (χ1n) is 8.38. The minimum absolute atomic E-state index is 0.00434. The lowest BCUT2D eigenvalue weighted by Gasteiger charge is -2.21. The number of carbonyl (C=O) groups excluding carboxylic acids is 4. The van der Waals surface area contributed by atoms with Crippen molar-refractivity contribution in [3.63, 3.8) is 0 Å². The molecule has 1 heterocycles. The van der Waals surface area contributed by atoms with Crippen molar-refractivity contribution in [1.29, 1.82) is 0 Å². The summed E-state index contributed by atoms with van der Waals surface area (Å²) in [6, 6.07) is 3.33. The van der Waals surface area contributed by atoms with Gasteiger partial charge in [0, 0.05) is 0 Å². The van der Waals surface area contributed by atoms with E-state index < -0.39 is 54.5 Å². The van der Waals surface area contributed by atoms with Crippen LogP contribution in [0.2, 0.25) is 0 Å². The highest BCUT2D eigenvalue weighted by Gasteiger charge is 2.28. The maximum atomic E-state index is 12.4. The minimum atomic E-state index is -1.55. The number of aliphatic carboxylic acids is 1. The van der Waals surface area contributed by atoms with Gasteiger partial charge in [0.25, 0.3) is 5.91 Å². The fraction of sp³-hybridized carbons (Fsp3) is 0.353. The summed E-state index contributed by atoms with van der Waals surface area (Å²) in [5.74, 6) is -4.31. The Morgan fingerprint density at radius 1 is 1.18 bits per heavy atom. The predicted octanol–water partition coefficient (Wildman–Crippen LogP) is -1.87. The third-order valence-electron chi connectivity index (χ3n) is 3.84. The van der Waals surface area contributed by atoms with Gasteiger partial charge in [-0.2, -0.15) is 0 Å². The summed E-state index contributed by atoms with van der Waals surface area (Å²) >= 11 is 0. The van der Waals surface area contributed by atoms with Crippen LogP contribution in [0.15, 0.2) is 24.3 Å². The van der Waals surface area contributed by atoms with E-state index in [4.69, 9.17) is 10.5 Å². The number of carbonyl (C=O) groups is 5. The molecule has 150 valence electrons. The van der Waals surface area contributed by atoms with Gasteiger partial charge >= 0.3 is 5.97 Å². The van der Waals surface area contributed by atoms with E-state index in [1.165, 1.54) is 12.1 Å². The summed E-state index contributed by atoms with van der Waals surface area (Å²) in [7, 11) is 0. The van der Waals surface area contributed by atoms with Crippen molar-refractivity contribution in [2.75, 3.05) is 13.2 Å². The highest BCUT2D eigenvalue weighted by Crippen LogP contribution is 2.18. The first-order chi connectivity index (χ1) is 13.3. The van der Waals surface area contributed by atoms with Crippen molar-refractivity contribution in [2.45, 2.75) is 24.9 Å². The van der Waals surface area contributed by atoms with Crippen LogP contribution in [-0.4, -0.2) is 59.9 Å². The third kappa shape index (κ3) is 5.69. The van der Waals surface area contributed by atoms with Gasteiger partial charge in [0.1, 0.15) is 24.4 Å². The summed E-state index contributed by atoms with van der Waals surface area (Å²) in [5, 5.41) is 16.3. The monoisotopic (exact) mass is 392 g/mol. The van der Waals surface area contributed by atoms with Crippen molar-refractivity contribution >= 4 is 29.6 Å². The van der Waals surface area contributed by atoms with Gasteiger partial charge in [0.15, 0.2) is 0 Å². The molecule has 2 rings (SSSR count). The Hall–Kier alpha value is -3.63. The fourth-order valence-corrected chi connectivity index (χ4v) is 2.52. The topological polar surface area (TPSA) is 177 Å². The van der Waals surface area contributed by atoms with Crippen LogP contribution in [0.1, 0.15) is 23.2 Å². The number of carboxylic acid groups (broad SMARTS) is 1. The molecule has 1 aliphatic heterocycles. The molecule has 0 spiro atoms. The van der Waals surface area contributed by atoms with Crippen LogP contribution >= 0.6 is 0 Å². The average Bonchev–Trinajstić information content (AvgIpc) is 2.63. The second-order valence-corrected chi connectivity index (χ2v) is 5.99. The zero-order valence-corrected chi connectivity index (χ0v) is 14.8. The Bertz CT molecular complexity index is 795. The van der Waals surface area contributed by atoms with E-state index in [9.17, 15) is 29.1 Å². The van der Waals surface area contributed by atoms with Gasteiger partial charge in [-0.1, -0.05) is 12.1 Å². The predicted molar refractivity (Wildman–Crippen MR) is 94.2 cm³/mol. The molecule has 0 aliphatic carbocycles. The molecule has 6 N–H and O–H groups in total. The number of carboxylic acids is 1. The molecule has 1 aliphatic rings. The van der Waals surface area contributed by atoms with Gasteiger partial charge < -0.3 is 31.5 Å². The van der Waals surface area contributed by atoms with E-state index in [0.717, 1.165) is 0 Å². The van der Waals surface area contributed by atoms with Crippen LogP contribution in [0.25, 0.3) is 0 Å². The van der Waals surface area contributed by atoms with Crippen molar-refractivity contribution in [1.82, 2.24) is 16.0 Å². The van der Waals surface area contributed by atoms with Crippen LogP contribution in [-0.2, 0) is 19.2 Å². The van der Waals surface area contributed by atoms with E-state index in [-0.39, 0.29) is 24.5 Å². The Morgan fingerprint density at radius 2 is 1.89 bits per heavy atom. The first-order valence-corrected chi connectivity index (χ1v) is 8.38. The molecule has 0 fully saturated rings. The van der Waals surface area contributed by atoms with Crippen LogP contribution in [0.3, 0.4) is 0 Å². The fourth-order valence-electron chi connectivity index (χ4n) is 2.52. The van der Waals surface area contributed by atoms with Gasteiger partial charge in [0.05, 0.1) is 24.9 Å². The molecule has 0 saturated carbocycles. The number of fused-ring (bicyclic) bond motifs is 1. The Balaban J connectivity index is 2.29. The SMILES string of the molecule is NC(=O)C[C@@H]1NC(=O)C[C@@H](C(=O)O)NC(=O)c2ccccc2OCCNC1=O. The van der Waals surface area contributed by atoms with Crippen molar-refractivity contribution in [3.8, 4) is 5.75 Å². The normalized spacial score (nSPS) is 21.1. The maximum Gasteiger partial charge on any atom is 0.326 e. The molecule has 0 bridgehead atoms. The molecule has 0 aromatic heterocycles. The Labute approximate surface area is 159 Å². The van der Waals surface area contributed by atoms with Gasteiger partial charge in [-0.15, -0.1) is 0 Å². The third-order valence-corrected chi connectivity index (χ3v) is 3.84. The van der Waals surface area contributed by atoms with Crippen LogP contribution in [0, 0.1) is 0 Å². The summed E-state index contributed by atoms with van der Waals surface area (Å²) in [6.45, 7) is 0.0350. The highest BCUT2D eigenvalue weighted by molar-refractivity contribution is 6.00. The molecule has 11 nitrogen and oxygen atoms in total. The number of primary amides is 1. The molecule has 0 unspecified atom stereocenters. The smallest absolute Gasteiger partial charge is 0.326 e. The number of nitrogens with two attached hydrogens (primary N) is 1. The average molecular weight is 392 g/mol. The van der Waals surface area contributed by atoms with E-state index in [2.05, 4.69) is 16.0 Å². The maximum absolute atomic E-state index is 12.4. The molecular weight excluding hydrogens is 372 g/mol. The van der Waals surface area contributed by atoms with Crippen molar-refractivity contribution in [3.05, 3.63) is 29.8 Å². The van der Waals surface area contributed by atoms with Gasteiger partial charge in [-0.3, -0.25) is 19.2 Å². The molecule has 11 heteroatoms. The number of rotatable bonds is 3. The lowest BCUT2D eigenvalue weighted by atomic mass is 10.1. The number of nitrogens with one attached hydrogen (secondary N) is 3. The van der Waals surface area contributed by atoms with Crippen LogP contribution in [0.5, 0.6) is 5.75 Å². The molecular formula is C17H20N4O7. The Morgan fingerprint density at radius 3 is 2.57 bits per heavy atom. The lowest BCUT2D eigenvalue weighted by Crippen LogP contribution is -2.51. The summed E-state index contributed by atoms with van der Waals surface area (Å²) in [6.07, 6.45) is -1.11. The standard InChI is InChI=1S/C17H20N4O7/c18-13(22)7-10-16(25)19-5-6-28-12-4-2-1-3-9(12)15(24)21-11(17(26)27)8-14(23)20-10/h1-4,10-11H,5-8H2,(H2,18,22)(H,19,25)(H,20,23)(H,21,24)(H,26,27)/t10-,11-/m0/s1. The summed E-state index contributed by atoms with van der Waals surface area (Å²) < 4.78 is 5.48. The first kappa shape index (κ1) is 20.7. The molecule has 0 radical (unpaired) electrons. The van der Waals surface area contributed by atoms with E-state index in [1.54, 1.807) is 12.1 Å². The van der Waals surface area contributed by atoms with Gasteiger partial charge in [-0.25, -0.2) is 4.79 Å². The van der Waals surface area contributed by atoms with E-state index in [1.807, 2.05) is 0 Å². The number of para-hydroxylation sites is 1. The number of amides is 4. The lowest BCUT2D eigenvalue weighted by molar-refractivity contribution is -0.141. The quantitative estimate of drug-likeness (QED) is 0.400. The van der Waals surface area contributed by atoms with Gasteiger partial charge in [-0.05, 0) is 12.1 Å². The molecule has 1 aromatic rings. The van der Waals surface area contributed by atoms with Crippen LogP contribution < -0.4 is 26.4 Å². The largest absolute Gasteiger partial charge is 0.491 e. The number of ether oxygens (including phenoxy) is 1. The second kappa shape index (κ2) is 9.35. The van der Waals surface area contributed by atoms with E-state index >= 15 is 0 Å². The number of benzene rings is 1. The number of hydrogen-bond donors (Lipinski definition) is 5. The molecule has 0 saturated heterocycles. The van der Waals surface area contributed by atoms with E-state index in [0.29, 0.717) is 0 Å². The molecule has 28 heavy (non-hydrogen) atoms. The molecule has 1 aromatic carbocycles. The Kier molecular flexibility index (Phi) is 6.90. The number of hydrogen-bond acceptors (Lipinski definition) is 6. The molecule has 4 amide bonds. The van der Waals surface area contributed by atoms with Crippen LogP contribution in [0.4, 0.5) is 0 Å². The van der Waals surface area contributed by atoms with Crippen molar-refractivity contribution < 1.29 is 33.8 Å². The summed E-state index contributed by atoms with van der Waals surface area (Å²) in [4.78, 5) is 59.4. The summed E-state index contributed by atoms with van der Waals surface area (Å²) in [5.41, 5.74) is 5.18. The second-order valence-electron chi connectivity index (χ2n) is 5.99. The zero-order chi connectivity index (χ0) is 20.7. The van der Waals surface area contributed by atoms with Gasteiger partial charge in [0.2, 0.25) is 17.7 Å². The van der Waals surface area contributed by atoms with Crippen molar-refractivity contribution in [2.24, 2.45) is 5.73 Å². The zero-order valence-electron chi connectivity index (χ0n) is 14.8. The highest BCUT2D eigenvalue weighted by atomic mass is 16.5.